The maximum absolute atomic E-state index is 15.2. The molecule has 3 aromatic rings. The van der Waals surface area contributed by atoms with E-state index in [0.717, 1.165) is 19.9 Å². The number of hydrogen-bond donors (Lipinski definition) is 2. The summed E-state index contributed by atoms with van der Waals surface area (Å²) in [5, 5.41) is 23.1. The van der Waals surface area contributed by atoms with Gasteiger partial charge in [0.2, 0.25) is 0 Å². The van der Waals surface area contributed by atoms with Crippen LogP contribution in [0, 0.1) is 17.1 Å². The van der Waals surface area contributed by atoms with Crippen molar-refractivity contribution in [2.75, 3.05) is 5.32 Å². The second-order valence-corrected chi connectivity index (χ2v) is 9.18. The van der Waals surface area contributed by atoms with Crippen LogP contribution in [0.4, 0.5) is 19.0 Å². The average molecular weight is 476 g/mol. The molecular formula is C23H21ClF3N5O. The number of halogens is 4. The molecule has 0 spiro atoms. The zero-order valence-corrected chi connectivity index (χ0v) is 18.9. The van der Waals surface area contributed by atoms with E-state index in [-0.39, 0.29) is 16.4 Å². The molecule has 0 radical (unpaired) electrons. The van der Waals surface area contributed by atoms with Crippen molar-refractivity contribution in [3.05, 3.63) is 58.3 Å². The number of alkyl halides is 2. The summed E-state index contributed by atoms with van der Waals surface area (Å²) < 4.78 is 44.5. The van der Waals surface area contributed by atoms with Gasteiger partial charge in [-0.1, -0.05) is 23.7 Å². The Morgan fingerprint density at radius 3 is 2.58 bits per heavy atom. The van der Waals surface area contributed by atoms with Crippen molar-refractivity contribution in [1.82, 2.24) is 15.0 Å². The van der Waals surface area contributed by atoms with Crippen LogP contribution in [0.2, 0.25) is 5.15 Å². The predicted molar refractivity (Wildman–Crippen MR) is 117 cm³/mol. The molecule has 33 heavy (non-hydrogen) atoms. The SMILES string of the molecule is C[C@@H](Nc1ncnc2nc(Cl)c(C3(C#N)CC3)cc12)c1cccc(C(F)(F)C(C)(C)O)c1F. The molecule has 2 heterocycles. The van der Waals surface area contributed by atoms with Crippen LogP contribution in [0.25, 0.3) is 11.0 Å². The monoisotopic (exact) mass is 475 g/mol. The first-order valence-electron chi connectivity index (χ1n) is 10.3. The third kappa shape index (κ3) is 3.87. The van der Waals surface area contributed by atoms with Crippen LogP contribution in [-0.4, -0.2) is 25.7 Å². The molecule has 1 aromatic carbocycles. The second kappa shape index (κ2) is 7.82. The molecule has 1 fully saturated rings. The van der Waals surface area contributed by atoms with E-state index in [2.05, 4.69) is 26.3 Å². The molecule has 4 rings (SSSR count). The highest BCUT2D eigenvalue weighted by atomic mass is 35.5. The van der Waals surface area contributed by atoms with Crippen molar-refractivity contribution in [2.45, 2.75) is 56.6 Å². The number of aliphatic hydroxyl groups is 1. The van der Waals surface area contributed by atoms with Gasteiger partial charge in [-0.25, -0.2) is 19.3 Å². The zero-order chi connectivity index (χ0) is 24.2. The number of fused-ring (bicyclic) bond motifs is 1. The summed E-state index contributed by atoms with van der Waals surface area (Å²) in [6, 6.07) is 6.85. The maximum atomic E-state index is 15.2. The molecule has 0 aliphatic heterocycles. The average Bonchev–Trinajstić information content (AvgIpc) is 3.53. The quantitative estimate of drug-likeness (QED) is 0.463. The Bertz CT molecular complexity index is 1280. The summed E-state index contributed by atoms with van der Waals surface area (Å²) >= 11 is 6.29. The van der Waals surface area contributed by atoms with Crippen molar-refractivity contribution < 1.29 is 18.3 Å². The van der Waals surface area contributed by atoms with E-state index in [9.17, 15) is 19.1 Å². The predicted octanol–water partition coefficient (Wildman–Crippen LogP) is 5.41. The summed E-state index contributed by atoms with van der Waals surface area (Å²) in [5.74, 6) is -4.63. The van der Waals surface area contributed by atoms with Gasteiger partial charge in [0, 0.05) is 11.1 Å². The fraction of sp³-hybridized carbons (Fsp3) is 0.391. The van der Waals surface area contributed by atoms with Gasteiger partial charge in [-0.2, -0.15) is 14.0 Å². The number of nitrogens with one attached hydrogen (secondary N) is 1. The number of nitrogens with zero attached hydrogens (tertiary/aromatic N) is 4. The summed E-state index contributed by atoms with van der Waals surface area (Å²) in [6.45, 7) is 3.45. The van der Waals surface area contributed by atoms with Gasteiger partial charge in [0.05, 0.1) is 28.5 Å². The first kappa shape index (κ1) is 23.2. The first-order chi connectivity index (χ1) is 15.4. The van der Waals surface area contributed by atoms with E-state index in [1.54, 1.807) is 13.0 Å². The lowest BCUT2D eigenvalue weighted by molar-refractivity contribution is -0.170. The minimum Gasteiger partial charge on any atom is -0.384 e. The standard InChI is InChI=1S/C23H21ClF3N5O/c1-12(13-5-4-6-15(17(13)25)23(26,27)21(2,3)33)31-19-14-9-16(22(10-28)7-8-22)18(24)32-20(14)30-11-29-19/h4-6,9,11-12,33H,7-8H2,1-3H3,(H,29,30,31,32)/t12-/m1/s1. The lowest BCUT2D eigenvalue weighted by Crippen LogP contribution is -2.41. The van der Waals surface area contributed by atoms with Crippen molar-refractivity contribution >= 4 is 28.5 Å². The molecule has 0 unspecified atom stereocenters. The molecule has 2 aromatic heterocycles. The third-order valence-corrected chi connectivity index (χ3v) is 6.30. The molecule has 1 saturated carbocycles. The van der Waals surface area contributed by atoms with Crippen molar-refractivity contribution in [1.29, 1.82) is 5.26 Å². The number of hydrogen-bond acceptors (Lipinski definition) is 6. The summed E-state index contributed by atoms with van der Waals surface area (Å²) in [5.41, 5.74) is -3.21. The fourth-order valence-corrected chi connectivity index (χ4v) is 4.04. The number of rotatable bonds is 6. The summed E-state index contributed by atoms with van der Waals surface area (Å²) in [6.07, 6.45) is 2.58. The Kier molecular flexibility index (Phi) is 5.50. The number of anilines is 1. The molecule has 6 nitrogen and oxygen atoms in total. The summed E-state index contributed by atoms with van der Waals surface area (Å²) in [7, 11) is 0. The molecule has 0 amide bonds. The number of pyridine rings is 1. The maximum Gasteiger partial charge on any atom is 0.303 e. The van der Waals surface area contributed by atoms with Gasteiger partial charge in [-0.15, -0.1) is 0 Å². The van der Waals surface area contributed by atoms with Gasteiger partial charge in [-0.05, 0) is 45.7 Å². The normalized spacial score (nSPS) is 16.3. The first-order valence-corrected chi connectivity index (χ1v) is 10.7. The van der Waals surface area contributed by atoms with E-state index in [0.29, 0.717) is 29.6 Å². The minimum atomic E-state index is -3.81. The molecule has 0 saturated heterocycles. The van der Waals surface area contributed by atoms with E-state index in [1.165, 1.54) is 18.5 Å². The smallest absolute Gasteiger partial charge is 0.303 e. The molecular weight excluding hydrogens is 455 g/mol. The van der Waals surface area contributed by atoms with Crippen molar-refractivity contribution in [3.8, 4) is 6.07 Å². The highest BCUT2D eigenvalue weighted by molar-refractivity contribution is 6.30. The number of nitriles is 1. The third-order valence-electron chi connectivity index (χ3n) is 6.01. The molecule has 10 heteroatoms. The Labute approximate surface area is 193 Å². The molecule has 1 aliphatic rings. The van der Waals surface area contributed by atoms with Crippen LogP contribution in [0.3, 0.4) is 0 Å². The van der Waals surface area contributed by atoms with Gasteiger partial charge >= 0.3 is 5.92 Å². The molecule has 172 valence electrons. The van der Waals surface area contributed by atoms with Crippen LogP contribution in [0.15, 0.2) is 30.6 Å². The second-order valence-electron chi connectivity index (χ2n) is 8.82. The van der Waals surface area contributed by atoms with Crippen LogP contribution in [0.1, 0.15) is 56.3 Å². The van der Waals surface area contributed by atoms with Gasteiger partial charge < -0.3 is 10.4 Å². The van der Waals surface area contributed by atoms with Crippen LogP contribution < -0.4 is 5.32 Å². The number of aromatic nitrogens is 3. The van der Waals surface area contributed by atoms with Crippen LogP contribution >= 0.6 is 11.6 Å². The molecule has 1 aliphatic carbocycles. The molecule has 0 bridgehead atoms. The summed E-state index contributed by atoms with van der Waals surface area (Å²) in [4.78, 5) is 12.6. The van der Waals surface area contributed by atoms with E-state index >= 15 is 4.39 Å². The van der Waals surface area contributed by atoms with Gasteiger partial charge in [0.25, 0.3) is 0 Å². The topological polar surface area (TPSA) is 94.7 Å². The highest BCUT2D eigenvalue weighted by Gasteiger charge is 2.49. The minimum absolute atomic E-state index is 0.0268. The molecule has 2 N–H and O–H groups in total. The van der Waals surface area contributed by atoms with Crippen molar-refractivity contribution in [2.24, 2.45) is 0 Å². The van der Waals surface area contributed by atoms with Crippen LogP contribution in [0.5, 0.6) is 0 Å². The zero-order valence-electron chi connectivity index (χ0n) is 18.1. The van der Waals surface area contributed by atoms with Gasteiger partial charge in [0.1, 0.15) is 28.7 Å². The van der Waals surface area contributed by atoms with E-state index in [4.69, 9.17) is 11.6 Å². The van der Waals surface area contributed by atoms with E-state index in [1.807, 2.05) is 0 Å². The Morgan fingerprint density at radius 1 is 1.27 bits per heavy atom. The molecule has 1 atom stereocenters. The number of benzene rings is 1. The van der Waals surface area contributed by atoms with E-state index < -0.39 is 34.4 Å². The lowest BCUT2D eigenvalue weighted by Gasteiger charge is -2.30. The Balaban J connectivity index is 1.74. The van der Waals surface area contributed by atoms with Crippen molar-refractivity contribution in [3.63, 3.8) is 0 Å². The highest BCUT2D eigenvalue weighted by Crippen LogP contribution is 2.50. The Hall–Kier alpha value is -2.96. The van der Waals surface area contributed by atoms with Gasteiger partial charge in [0.15, 0.2) is 5.65 Å². The Morgan fingerprint density at radius 2 is 1.97 bits per heavy atom. The lowest BCUT2D eigenvalue weighted by atomic mass is 9.91. The van der Waals surface area contributed by atoms with Gasteiger partial charge in [-0.3, -0.25) is 0 Å². The van der Waals surface area contributed by atoms with Crippen LogP contribution in [-0.2, 0) is 11.3 Å². The largest absolute Gasteiger partial charge is 0.384 e. The fourth-order valence-electron chi connectivity index (χ4n) is 3.72.